The van der Waals surface area contributed by atoms with Crippen LogP contribution in [0.1, 0.15) is 18.4 Å². The van der Waals surface area contributed by atoms with Gasteiger partial charge in [0.05, 0.1) is 11.6 Å². The summed E-state index contributed by atoms with van der Waals surface area (Å²) in [6.07, 6.45) is 1.27. The molecule has 1 aromatic carbocycles. The summed E-state index contributed by atoms with van der Waals surface area (Å²) >= 11 is 0. The first-order chi connectivity index (χ1) is 10.6. The molecule has 0 bridgehead atoms. The molecule has 5 nitrogen and oxygen atoms in total. The van der Waals surface area contributed by atoms with Crippen molar-refractivity contribution in [3.8, 4) is 11.8 Å². The Morgan fingerprint density at radius 3 is 2.64 bits per heavy atom. The Morgan fingerprint density at radius 2 is 2.05 bits per heavy atom. The molecule has 1 fully saturated rings. The normalized spacial score (nSPS) is 23.0. The smallest absolute Gasteiger partial charge is 0.119 e. The van der Waals surface area contributed by atoms with E-state index >= 15 is 0 Å². The molecule has 1 aliphatic heterocycles. The maximum absolute atomic E-state index is 11.4. The lowest BCUT2D eigenvalue weighted by Crippen LogP contribution is -2.42. The third-order valence-corrected chi connectivity index (χ3v) is 5.29. The van der Waals surface area contributed by atoms with Crippen LogP contribution in [0.4, 0.5) is 0 Å². The van der Waals surface area contributed by atoms with E-state index < -0.39 is 16.9 Å². The zero-order valence-corrected chi connectivity index (χ0v) is 13.6. The van der Waals surface area contributed by atoms with Crippen molar-refractivity contribution in [1.82, 2.24) is 4.90 Å². The zero-order valence-electron chi connectivity index (χ0n) is 12.8. The number of nitriles is 1. The van der Waals surface area contributed by atoms with Gasteiger partial charge < -0.3 is 14.7 Å². The quantitative estimate of drug-likeness (QED) is 0.850. The molecule has 1 heterocycles. The number of likely N-dealkylation sites (N-methyl/N-ethyl adjacent to an activating group) is 1. The molecule has 1 saturated heterocycles. The molecular weight excluding hydrogens is 300 g/mol. The molecule has 0 aliphatic carbocycles. The summed E-state index contributed by atoms with van der Waals surface area (Å²) in [4.78, 5) is 2.13. The van der Waals surface area contributed by atoms with Crippen LogP contribution in [0.15, 0.2) is 24.3 Å². The Balaban J connectivity index is 1.73. The number of hydrogen-bond acceptors (Lipinski definition) is 5. The topological polar surface area (TPSA) is 73.6 Å². The first-order valence-electron chi connectivity index (χ1n) is 7.44. The van der Waals surface area contributed by atoms with E-state index in [1.165, 1.54) is 0 Å². The Labute approximate surface area is 134 Å². The summed E-state index contributed by atoms with van der Waals surface area (Å²) in [5.74, 6) is 2.16. The van der Waals surface area contributed by atoms with Gasteiger partial charge in [0.2, 0.25) is 0 Å². The Kier molecular flexibility index (Phi) is 6.37. The lowest BCUT2D eigenvalue weighted by atomic mass is 10.1. The number of aliphatic hydroxyl groups excluding tert-OH is 1. The minimum Gasteiger partial charge on any atom is -0.491 e. The van der Waals surface area contributed by atoms with Gasteiger partial charge in [-0.2, -0.15) is 5.26 Å². The van der Waals surface area contributed by atoms with Crippen LogP contribution in [-0.4, -0.2) is 58.1 Å². The summed E-state index contributed by atoms with van der Waals surface area (Å²) < 4.78 is 16.9. The molecule has 2 rings (SSSR count). The van der Waals surface area contributed by atoms with Gasteiger partial charge in [0.1, 0.15) is 18.5 Å². The minimum absolute atomic E-state index is 0.217. The SMILES string of the molecule is CN(CC(O)COc1ccc(C#N)cc1)C1CCS(=O)CC1. The van der Waals surface area contributed by atoms with Crippen LogP contribution < -0.4 is 4.74 Å². The molecule has 1 unspecified atom stereocenters. The number of ether oxygens (including phenoxy) is 1. The van der Waals surface area contributed by atoms with Crippen molar-refractivity contribution in [3.63, 3.8) is 0 Å². The minimum atomic E-state index is -0.658. The van der Waals surface area contributed by atoms with E-state index in [-0.39, 0.29) is 6.61 Å². The highest BCUT2D eigenvalue weighted by Gasteiger charge is 2.23. The standard InChI is InChI=1S/C16H22N2O3S/c1-18(14-6-8-22(20)9-7-14)11-15(19)12-21-16-4-2-13(10-17)3-5-16/h2-5,14-15,19H,6-9,11-12H2,1H3. The van der Waals surface area contributed by atoms with E-state index in [9.17, 15) is 9.32 Å². The highest BCUT2D eigenvalue weighted by molar-refractivity contribution is 7.85. The molecule has 22 heavy (non-hydrogen) atoms. The fourth-order valence-corrected chi connectivity index (χ4v) is 3.85. The summed E-state index contributed by atoms with van der Waals surface area (Å²) in [6.45, 7) is 0.752. The van der Waals surface area contributed by atoms with Crippen LogP contribution in [-0.2, 0) is 10.8 Å². The predicted octanol–water partition coefficient (Wildman–Crippen LogP) is 1.14. The number of nitrogens with zero attached hydrogens (tertiary/aromatic N) is 2. The summed E-state index contributed by atoms with van der Waals surface area (Å²) in [6, 6.07) is 9.28. The largest absolute Gasteiger partial charge is 0.491 e. The van der Waals surface area contributed by atoms with Crippen LogP contribution in [0.3, 0.4) is 0 Å². The maximum Gasteiger partial charge on any atom is 0.119 e. The fraction of sp³-hybridized carbons (Fsp3) is 0.562. The second kappa shape index (κ2) is 8.28. The first-order valence-corrected chi connectivity index (χ1v) is 8.93. The molecule has 0 radical (unpaired) electrons. The van der Waals surface area contributed by atoms with Crippen LogP contribution in [0.5, 0.6) is 5.75 Å². The second-order valence-electron chi connectivity index (χ2n) is 5.62. The molecule has 0 saturated carbocycles. The zero-order chi connectivity index (χ0) is 15.9. The van der Waals surface area contributed by atoms with Crippen molar-refractivity contribution in [2.24, 2.45) is 0 Å². The van der Waals surface area contributed by atoms with Gasteiger partial charge in [-0.3, -0.25) is 4.21 Å². The molecule has 1 atom stereocenters. The van der Waals surface area contributed by atoms with Gasteiger partial charge in [-0.15, -0.1) is 0 Å². The van der Waals surface area contributed by atoms with Crippen molar-refractivity contribution < 1.29 is 14.1 Å². The average molecular weight is 322 g/mol. The van der Waals surface area contributed by atoms with Gasteiger partial charge in [0, 0.05) is 34.9 Å². The molecular formula is C16H22N2O3S. The number of hydrogen-bond donors (Lipinski definition) is 1. The van der Waals surface area contributed by atoms with Crippen LogP contribution in [0.25, 0.3) is 0 Å². The van der Waals surface area contributed by atoms with Gasteiger partial charge in [-0.1, -0.05) is 0 Å². The van der Waals surface area contributed by atoms with Crippen LogP contribution in [0, 0.1) is 11.3 Å². The van der Waals surface area contributed by atoms with Gasteiger partial charge in [-0.25, -0.2) is 0 Å². The van der Waals surface area contributed by atoms with Gasteiger partial charge in [0.15, 0.2) is 0 Å². The van der Waals surface area contributed by atoms with Crippen molar-refractivity contribution in [2.45, 2.75) is 25.0 Å². The third kappa shape index (κ3) is 5.09. The monoisotopic (exact) mass is 322 g/mol. The van der Waals surface area contributed by atoms with E-state index in [0.717, 1.165) is 24.3 Å². The highest BCUT2D eigenvalue weighted by Crippen LogP contribution is 2.16. The van der Waals surface area contributed by atoms with Gasteiger partial charge in [0.25, 0.3) is 0 Å². The van der Waals surface area contributed by atoms with Crippen LogP contribution >= 0.6 is 0 Å². The van der Waals surface area contributed by atoms with Gasteiger partial charge >= 0.3 is 0 Å². The number of aliphatic hydroxyl groups is 1. The molecule has 1 aromatic rings. The summed E-state index contributed by atoms with van der Waals surface area (Å²) in [5, 5.41) is 18.8. The van der Waals surface area contributed by atoms with Crippen molar-refractivity contribution in [2.75, 3.05) is 31.7 Å². The third-order valence-electron chi connectivity index (χ3n) is 3.91. The summed E-state index contributed by atoms with van der Waals surface area (Å²) in [7, 11) is 1.33. The van der Waals surface area contributed by atoms with Crippen molar-refractivity contribution >= 4 is 10.8 Å². The number of rotatable bonds is 6. The first kappa shape index (κ1) is 16.9. The molecule has 0 aromatic heterocycles. The van der Waals surface area contributed by atoms with E-state index in [1.807, 2.05) is 7.05 Å². The lowest BCUT2D eigenvalue weighted by Gasteiger charge is -2.32. The molecule has 1 N–H and O–H groups in total. The highest BCUT2D eigenvalue weighted by atomic mass is 32.2. The number of benzene rings is 1. The molecule has 6 heteroatoms. The van der Waals surface area contributed by atoms with Crippen molar-refractivity contribution in [1.29, 1.82) is 5.26 Å². The maximum atomic E-state index is 11.4. The summed E-state index contributed by atoms with van der Waals surface area (Å²) in [5.41, 5.74) is 0.585. The predicted molar refractivity (Wildman–Crippen MR) is 86.2 cm³/mol. The molecule has 1 aliphatic rings. The Hall–Kier alpha value is -1.42. The Bertz CT molecular complexity index is 531. The van der Waals surface area contributed by atoms with E-state index in [0.29, 0.717) is 23.9 Å². The molecule has 0 amide bonds. The van der Waals surface area contributed by atoms with E-state index in [1.54, 1.807) is 24.3 Å². The molecule has 120 valence electrons. The van der Waals surface area contributed by atoms with E-state index in [2.05, 4.69) is 11.0 Å². The van der Waals surface area contributed by atoms with E-state index in [4.69, 9.17) is 10.00 Å². The van der Waals surface area contributed by atoms with Crippen LogP contribution in [0.2, 0.25) is 0 Å². The second-order valence-corrected chi connectivity index (χ2v) is 7.32. The Morgan fingerprint density at radius 1 is 1.41 bits per heavy atom. The lowest BCUT2D eigenvalue weighted by molar-refractivity contribution is 0.0614. The average Bonchev–Trinajstić information content (AvgIpc) is 2.54. The van der Waals surface area contributed by atoms with Gasteiger partial charge in [-0.05, 0) is 44.2 Å². The fourth-order valence-electron chi connectivity index (χ4n) is 2.57. The van der Waals surface area contributed by atoms with Crippen molar-refractivity contribution in [3.05, 3.63) is 29.8 Å². The molecule has 0 spiro atoms.